The third kappa shape index (κ3) is 4.74. The molecule has 188 valence electrons. The molecule has 11 nitrogen and oxygen atoms in total. The number of fused-ring (bicyclic) bond motifs is 1. The first-order valence-electron chi connectivity index (χ1n) is 11.9. The lowest BCUT2D eigenvalue weighted by Crippen LogP contribution is -2.34. The van der Waals surface area contributed by atoms with Gasteiger partial charge in [0.05, 0.1) is 23.9 Å². The number of aliphatic hydroxyl groups is 1. The van der Waals surface area contributed by atoms with Gasteiger partial charge in [0, 0.05) is 49.5 Å². The number of aromatic nitrogens is 6. The summed E-state index contributed by atoms with van der Waals surface area (Å²) in [6.07, 6.45) is 4.34. The Morgan fingerprint density at radius 2 is 1.92 bits per heavy atom. The minimum atomic E-state index is -0.255. The SMILES string of the molecule is CC(=O)Nc1cc(Oc2cnc3nc(Nc4cc(C(C)(C)C)n([C@H]5C[C@H](O)C5)n4)n(C)c3c2)ccn1. The van der Waals surface area contributed by atoms with Crippen molar-refractivity contribution in [2.75, 3.05) is 10.6 Å². The maximum Gasteiger partial charge on any atom is 0.222 e. The Morgan fingerprint density at radius 1 is 1.14 bits per heavy atom. The highest BCUT2D eigenvalue weighted by atomic mass is 16.5. The van der Waals surface area contributed by atoms with Crippen molar-refractivity contribution < 1.29 is 14.6 Å². The quantitative estimate of drug-likeness (QED) is 0.369. The summed E-state index contributed by atoms with van der Waals surface area (Å²) in [5.74, 6) is 2.55. The first-order valence-corrected chi connectivity index (χ1v) is 11.9. The number of anilines is 3. The van der Waals surface area contributed by atoms with Gasteiger partial charge in [-0.3, -0.25) is 9.48 Å². The molecule has 0 radical (unpaired) electrons. The summed E-state index contributed by atoms with van der Waals surface area (Å²) in [5.41, 5.74) is 2.35. The molecule has 4 aromatic rings. The lowest BCUT2D eigenvalue weighted by atomic mass is 9.87. The number of hydrogen-bond acceptors (Lipinski definition) is 8. The normalized spacial score (nSPS) is 17.6. The summed E-state index contributed by atoms with van der Waals surface area (Å²) in [4.78, 5) is 24.5. The van der Waals surface area contributed by atoms with E-state index in [4.69, 9.17) is 9.84 Å². The zero-order valence-corrected chi connectivity index (χ0v) is 21.0. The lowest BCUT2D eigenvalue weighted by Gasteiger charge is -2.34. The lowest BCUT2D eigenvalue weighted by molar-refractivity contribution is -0.114. The van der Waals surface area contributed by atoms with Gasteiger partial charge in [-0.15, -0.1) is 0 Å². The number of ether oxygens (including phenoxy) is 1. The van der Waals surface area contributed by atoms with Crippen LogP contribution in [0.2, 0.25) is 0 Å². The first kappa shape index (κ1) is 23.7. The number of carbonyl (C=O) groups excluding carboxylic acids is 1. The van der Waals surface area contributed by atoms with E-state index < -0.39 is 0 Å². The van der Waals surface area contributed by atoms with Crippen LogP contribution in [0, 0.1) is 0 Å². The van der Waals surface area contributed by atoms with E-state index in [2.05, 4.69) is 46.4 Å². The maximum atomic E-state index is 11.3. The standard InChI is InChI=1S/C25H30N8O3/c1-14(34)28-21-11-17(6-7-26-21)36-18-10-19-23(27-13-18)30-24(32(19)5)29-22-12-20(25(2,3)4)33(31-22)15-8-16(35)9-15/h6-7,10-13,15-16,35H,8-9H2,1-5H3,(H,26,28,34)(H,27,29,30,31)/t15-,16-. The van der Waals surface area contributed by atoms with Crippen LogP contribution in [0.4, 0.5) is 17.6 Å². The molecule has 1 fully saturated rings. The number of hydrogen-bond donors (Lipinski definition) is 3. The molecule has 3 N–H and O–H groups in total. The molecule has 36 heavy (non-hydrogen) atoms. The molecule has 1 amide bonds. The van der Waals surface area contributed by atoms with Crippen molar-refractivity contribution in [1.82, 2.24) is 29.3 Å². The van der Waals surface area contributed by atoms with Crippen molar-refractivity contribution in [3.8, 4) is 11.5 Å². The molecule has 1 aliphatic carbocycles. The summed E-state index contributed by atoms with van der Waals surface area (Å²) in [6.45, 7) is 7.89. The Kier molecular flexibility index (Phi) is 5.87. The van der Waals surface area contributed by atoms with Crippen molar-refractivity contribution in [1.29, 1.82) is 0 Å². The zero-order valence-electron chi connectivity index (χ0n) is 21.0. The second-order valence-electron chi connectivity index (χ2n) is 10.2. The molecule has 5 rings (SSSR count). The number of rotatable bonds is 6. The van der Waals surface area contributed by atoms with Crippen molar-refractivity contribution in [2.24, 2.45) is 7.05 Å². The first-order chi connectivity index (χ1) is 17.1. The van der Waals surface area contributed by atoms with Gasteiger partial charge in [0.2, 0.25) is 11.9 Å². The molecular weight excluding hydrogens is 460 g/mol. The predicted octanol–water partition coefficient (Wildman–Crippen LogP) is 4.05. The summed E-state index contributed by atoms with van der Waals surface area (Å²) in [6, 6.07) is 7.45. The Bertz CT molecular complexity index is 1430. The summed E-state index contributed by atoms with van der Waals surface area (Å²) in [5, 5.41) is 20.6. The van der Waals surface area contributed by atoms with Crippen LogP contribution in [-0.2, 0) is 17.3 Å². The second-order valence-corrected chi connectivity index (χ2v) is 10.2. The average Bonchev–Trinajstić information content (AvgIpc) is 3.33. The van der Waals surface area contributed by atoms with Crippen molar-refractivity contribution in [2.45, 2.75) is 58.1 Å². The van der Waals surface area contributed by atoms with Crippen molar-refractivity contribution in [3.05, 3.63) is 42.4 Å². The smallest absolute Gasteiger partial charge is 0.222 e. The van der Waals surface area contributed by atoms with Crippen LogP contribution in [0.3, 0.4) is 0 Å². The number of aliphatic hydroxyl groups excluding tert-OH is 1. The summed E-state index contributed by atoms with van der Waals surface area (Å²) < 4.78 is 9.88. The van der Waals surface area contributed by atoms with Gasteiger partial charge in [-0.05, 0) is 18.9 Å². The van der Waals surface area contributed by atoms with Crippen LogP contribution in [0.25, 0.3) is 11.2 Å². The number of carbonyl (C=O) groups is 1. The number of imidazole rings is 1. The number of aryl methyl sites for hydroxylation is 1. The minimum Gasteiger partial charge on any atom is -0.455 e. The maximum absolute atomic E-state index is 11.3. The molecule has 0 aliphatic heterocycles. The second kappa shape index (κ2) is 8.90. The Morgan fingerprint density at radius 3 is 2.61 bits per heavy atom. The monoisotopic (exact) mass is 490 g/mol. The van der Waals surface area contributed by atoms with Gasteiger partial charge < -0.3 is 25.0 Å². The number of pyridine rings is 2. The van der Waals surface area contributed by atoms with E-state index in [1.165, 1.54) is 6.92 Å². The van der Waals surface area contributed by atoms with Crippen molar-refractivity contribution in [3.63, 3.8) is 0 Å². The molecule has 11 heteroatoms. The van der Waals surface area contributed by atoms with E-state index >= 15 is 0 Å². The number of nitrogens with one attached hydrogen (secondary N) is 2. The summed E-state index contributed by atoms with van der Waals surface area (Å²) in [7, 11) is 1.90. The summed E-state index contributed by atoms with van der Waals surface area (Å²) >= 11 is 0. The van der Waals surface area contributed by atoms with Crippen LogP contribution in [0.15, 0.2) is 36.7 Å². The van der Waals surface area contributed by atoms with Crippen LogP contribution in [0.5, 0.6) is 11.5 Å². The number of nitrogens with zero attached hydrogens (tertiary/aromatic N) is 6. The molecule has 4 aromatic heterocycles. The molecule has 1 aliphatic rings. The van der Waals surface area contributed by atoms with Gasteiger partial charge >= 0.3 is 0 Å². The fourth-order valence-corrected chi connectivity index (χ4v) is 4.24. The number of amides is 1. The fourth-order valence-electron chi connectivity index (χ4n) is 4.24. The minimum absolute atomic E-state index is 0.0968. The average molecular weight is 491 g/mol. The van der Waals surface area contributed by atoms with Gasteiger partial charge in [-0.25, -0.2) is 9.97 Å². The molecule has 0 unspecified atom stereocenters. The molecule has 0 spiro atoms. The van der Waals surface area contributed by atoms with E-state index in [-0.39, 0.29) is 23.5 Å². The highest BCUT2D eigenvalue weighted by Gasteiger charge is 2.33. The van der Waals surface area contributed by atoms with Crippen molar-refractivity contribution >= 4 is 34.7 Å². The van der Waals surface area contributed by atoms with Crippen LogP contribution in [-0.4, -0.2) is 46.4 Å². The topological polar surface area (TPSA) is 132 Å². The molecule has 0 atom stereocenters. The van der Waals surface area contributed by atoms with Gasteiger partial charge in [0.25, 0.3) is 0 Å². The van der Waals surface area contributed by atoms with Crippen LogP contribution in [0.1, 0.15) is 52.3 Å². The van der Waals surface area contributed by atoms with E-state index in [1.54, 1.807) is 24.5 Å². The van der Waals surface area contributed by atoms with E-state index in [1.807, 2.05) is 28.4 Å². The van der Waals surface area contributed by atoms with Gasteiger partial charge in [-0.2, -0.15) is 10.1 Å². The fraction of sp³-hybridized carbons (Fsp3) is 0.400. The van der Waals surface area contributed by atoms with E-state index in [0.717, 1.165) is 11.2 Å². The third-order valence-electron chi connectivity index (χ3n) is 6.16. The highest BCUT2D eigenvalue weighted by Crippen LogP contribution is 2.37. The molecule has 4 heterocycles. The Balaban J connectivity index is 1.39. The molecule has 0 saturated heterocycles. The Labute approximate surface area is 208 Å². The van der Waals surface area contributed by atoms with E-state index in [0.29, 0.717) is 47.6 Å². The molecular formula is C25H30N8O3. The largest absolute Gasteiger partial charge is 0.455 e. The van der Waals surface area contributed by atoms with Crippen LogP contribution < -0.4 is 15.4 Å². The third-order valence-corrected chi connectivity index (χ3v) is 6.16. The highest BCUT2D eigenvalue weighted by molar-refractivity contribution is 5.87. The Hall–Kier alpha value is -3.99. The molecule has 0 bridgehead atoms. The molecule has 0 aromatic carbocycles. The predicted molar refractivity (Wildman–Crippen MR) is 136 cm³/mol. The van der Waals surface area contributed by atoms with Crippen LogP contribution >= 0.6 is 0 Å². The van der Waals surface area contributed by atoms with Gasteiger partial charge in [-0.1, -0.05) is 20.8 Å². The zero-order chi connectivity index (χ0) is 25.6. The molecule has 1 saturated carbocycles. The van der Waals surface area contributed by atoms with E-state index in [9.17, 15) is 9.90 Å². The van der Waals surface area contributed by atoms with Gasteiger partial charge in [0.15, 0.2) is 11.5 Å². The van der Waals surface area contributed by atoms with Gasteiger partial charge in [0.1, 0.15) is 17.3 Å².